The highest BCUT2D eigenvalue weighted by molar-refractivity contribution is 5.74. The summed E-state index contributed by atoms with van der Waals surface area (Å²) in [5.41, 5.74) is 25.1. The van der Waals surface area contributed by atoms with Gasteiger partial charge in [-0.25, -0.2) is 4.57 Å². The van der Waals surface area contributed by atoms with Crippen LogP contribution in [0.4, 0.5) is 0 Å². The number of aromatic nitrogens is 1. The quantitative estimate of drug-likeness (QED) is 0.0593. The summed E-state index contributed by atoms with van der Waals surface area (Å²) in [5, 5.41) is 36.4. The zero-order chi connectivity index (χ0) is 28.1. The second kappa shape index (κ2) is 17.6. The fourth-order valence-corrected chi connectivity index (χ4v) is 3.93. The average molecular weight is 562 g/mol. The molecule has 1 aromatic rings. The molecular weight excluding hydrogens is 522 g/mol. The third-order valence-electron chi connectivity index (χ3n) is 6.23. The van der Waals surface area contributed by atoms with Gasteiger partial charge in [-0.05, 0) is 57.4 Å². The number of halogens is 1. The Labute approximate surface area is 227 Å². The van der Waals surface area contributed by atoms with Gasteiger partial charge in [0, 0.05) is 24.0 Å². The summed E-state index contributed by atoms with van der Waals surface area (Å²) in [4.78, 5) is 44.5. The zero-order valence-electron chi connectivity index (χ0n) is 21.3. The Morgan fingerprint density at radius 3 is 1.61 bits per heavy atom. The molecule has 4 atom stereocenters. The number of hydrogen-bond acceptors (Lipinski definition) is 8. The van der Waals surface area contributed by atoms with Crippen molar-refractivity contribution in [3.63, 3.8) is 0 Å². The number of unbranched alkanes of at least 4 members (excludes halogenated alkanes) is 1. The Hall–Kier alpha value is -2.84. The lowest BCUT2D eigenvalue weighted by atomic mass is 9.96. The van der Waals surface area contributed by atoms with Crippen LogP contribution in [0.25, 0.3) is 0 Å². The van der Waals surface area contributed by atoms with Crippen LogP contribution in [0.15, 0.2) is 12.3 Å². The van der Waals surface area contributed by atoms with Gasteiger partial charge < -0.3 is 55.8 Å². The maximum atomic E-state index is 11.2. The smallest absolute Gasteiger partial charge is 0.320 e. The van der Waals surface area contributed by atoms with Crippen molar-refractivity contribution in [2.24, 2.45) is 22.9 Å². The molecule has 12 N–H and O–H groups in total. The molecule has 13 nitrogen and oxygen atoms in total. The normalized spacial score (nSPS) is 14.1. The Balaban J connectivity index is 0.0000137. The van der Waals surface area contributed by atoms with Crippen molar-refractivity contribution in [3.05, 3.63) is 29.1 Å². The van der Waals surface area contributed by atoms with Gasteiger partial charge in [0.2, 0.25) is 0 Å². The summed E-state index contributed by atoms with van der Waals surface area (Å²) >= 11 is 0. The molecule has 1 aromatic heterocycles. The van der Waals surface area contributed by atoms with Gasteiger partial charge in [-0.15, -0.1) is 0 Å². The van der Waals surface area contributed by atoms with Crippen LogP contribution in [-0.2, 0) is 45.0 Å². The molecule has 1 heterocycles. The lowest BCUT2D eigenvalue weighted by molar-refractivity contribution is -0.705. The van der Waals surface area contributed by atoms with E-state index in [1.54, 1.807) is 0 Å². The first kappa shape index (κ1) is 35.2. The van der Waals surface area contributed by atoms with Gasteiger partial charge in [0.05, 0.1) is 0 Å². The number of nitrogens with two attached hydrogens (primary N) is 4. The fourth-order valence-electron chi connectivity index (χ4n) is 3.93. The van der Waals surface area contributed by atoms with E-state index in [0.29, 0.717) is 51.5 Å². The minimum atomic E-state index is -1.12. The van der Waals surface area contributed by atoms with E-state index in [0.717, 1.165) is 16.8 Å². The van der Waals surface area contributed by atoms with Gasteiger partial charge in [-0.2, -0.15) is 0 Å². The lowest BCUT2D eigenvalue weighted by Crippen LogP contribution is -3.00. The molecule has 0 saturated heterocycles. The van der Waals surface area contributed by atoms with Crippen molar-refractivity contribution in [2.45, 2.75) is 94.9 Å². The molecule has 0 fully saturated rings. The first-order valence-corrected chi connectivity index (χ1v) is 12.3. The van der Waals surface area contributed by atoms with Crippen molar-refractivity contribution in [3.8, 4) is 0 Å². The number of aliphatic carboxylic acids is 4. The first-order chi connectivity index (χ1) is 17.3. The van der Waals surface area contributed by atoms with Gasteiger partial charge in [0.15, 0.2) is 11.9 Å². The standard InChI is InChI=1S/C24H39N5O8.ClH/c25-16(21(30)31)4-1-2-11-29-13-14(7-9-18(27)23(34)35)12-15(8-10-19(28)24(36)37)20(29)6-3-5-17(26)22(32)33;/h12-13,16-19H,1-11,25-28H2,(H3-,30,31,32,33,34,35,36,37);1H. The second-order valence-electron chi connectivity index (χ2n) is 9.26. The molecule has 0 saturated carbocycles. The maximum Gasteiger partial charge on any atom is 0.320 e. The third-order valence-corrected chi connectivity index (χ3v) is 6.23. The Morgan fingerprint density at radius 2 is 1.11 bits per heavy atom. The number of pyridine rings is 1. The number of nitrogens with zero attached hydrogens (tertiary/aromatic N) is 1. The minimum Gasteiger partial charge on any atom is -1.00 e. The highest BCUT2D eigenvalue weighted by Crippen LogP contribution is 2.17. The van der Waals surface area contributed by atoms with E-state index in [4.69, 9.17) is 38.3 Å². The van der Waals surface area contributed by atoms with Crippen LogP contribution in [-0.4, -0.2) is 68.5 Å². The van der Waals surface area contributed by atoms with Crippen LogP contribution in [0, 0.1) is 0 Å². The SMILES string of the molecule is NC(CCCC[n+]1cc(CCC(N)C(=O)O)cc(CCC(N)C(=O)O)c1CCCC(N)C(=O)O)C(=O)O.[Cl-]. The number of rotatable bonds is 19. The molecule has 14 heteroatoms. The molecule has 0 bridgehead atoms. The summed E-state index contributed by atoms with van der Waals surface area (Å²) in [6.45, 7) is 0.503. The van der Waals surface area contributed by atoms with E-state index in [2.05, 4.69) is 0 Å². The van der Waals surface area contributed by atoms with Crippen LogP contribution in [0.1, 0.15) is 61.8 Å². The van der Waals surface area contributed by atoms with Crippen LogP contribution >= 0.6 is 0 Å². The molecule has 38 heavy (non-hydrogen) atoms. The maximum absolute atomic E-state index is 11.2. The largest absolute Gasteiger partial charge is 1.00 e. The molecule has 4 unspecified atom stereocenters. The highest BCUT2D eigenvalue weighted by atomic mass is 35.5. The number of carboxylic acid groups (broad SMARTS) is 4. The molecule has 1 rings (SSSR count). The van der Waals surface area contributed by atoms with Crippen molar-refractivity contribution in [2.75, 3.05) is 0 Å². The summed E-state index contributed by atoms with van der Waals surface area (Å²) in [7, 11) is 0. The molecular formula is C24H40ClN5O8. The number of hydrogen-bond donors (Lipinski definition) is 8. The third kappa shape index (κ3) is 12.6. The molecule has 0 aliphatic rings. The van der Waals surface area contributed by atoms with Gasteiger partial charge in [-0.3, -0.25) is 19.2 Å². The molecule has 0 amide bonds. The molecule has 0 aliphatic carbocycles. The molecule has 0 radical (unpaired) electrons. The van der Waals surface area contributed by atoms with Gasteiger partial charge in [0.1, 0.15) is 30.7 Å². The van der Waals surface area contributed by atoms with E-state index in [-0.39, 0.29) is 31.7 Å². The predicted octanol–water partition coefficient (Wildman–Crippen LogP) is -4.02. The predicted molar refractivity (Wildman–Crippen MR) is 133 cm³/mol. The van der Waals surface area contributed by atoms with Crippen molar-refractivity contribution in [1.82, 2.24) is 0 Å². The topological polar surface area (TPSA) is 257 Å². The Bertz CT molecular complexity index is 949. The van der Waals surface area contributed by atoms with E-state index in [1.165, 1.54) is 0 Å². The number of aryl methyl sites for hydroxylation is 3. The summed E-state index contributed by atoms with van der Waals surface area (Å²) in [6.07, 6.45) is 5.61. The van der Waals surface area contributed by atoms with Crippen molar-refractivity contribution < 1.29 is 56.6 Å². The number of carbonyl (C=O) groups is 4. The molecule has 0 aliphatic heterocycles. The summed E-state index contributed by atoms with van der Waals surface area (Å²) < 4.78 is 1.97. The Kier molecular flexibility index (Phi) is 16.3. The first-order valence-electron chi connectivity index (χ1n) is 12.3. The fraction of sp³-hybridized carbons (Fsp3) is 0.625. The van der Waals surface area contributed by atoms with Gasteiger partial charge >= 0.3 is 23.9 Å². The van der Waals surface area contributed by atoms with E-state index < -0.39 is 48.0 Å². The molecule has 216 valence electrons. The van der Waals surface area contributed by atoms with Crippen LogP contribution in [0.5, 0.6) is 0 Å². The lowest BCUT2D eigenvalue weighted by Gasteiger charge is -2.15. The van der Waals surface area contributed by atoms with Crippen LogP contribution in [0.2, 0.25) is 0 Å². The van der Waals surface area contributed by atoms with Crippen LogP contribution < -0.4 is 39.9 Å². The van der Waals surface area contributed by atoms with E-state index in [9.17, 15) is 24.3 Å². The minimum absolute atomic E-state index is 0. The average Bonchev–Trinajstić information content (AvgIpc) is 2.83. The second-order valence-corrected chi connectivity index (χ2v) is 9.26. The molecule has 0 aromatic carbocycles. The van der Waals surface area contributed by atoms with Crippen molar-refractivity contribution >= 4 is 23.9 Å². The van der Waals surface area contributed by atoms with E-state index >= 15 is 0 Å². The molecule has 0 spiro atoms. The summed E-state index contributed by atoms with van der Waals surface area (Å²) in [5.74, 6) is -4.40. The summed E-state index contributed by atoms with van der Waals surface area (Å²) in [6, 6.07) is -2.19. The monoisotopic (exact) mass is 561 g/mol. The highest BCUT2D eigenvalue weighted by Gasteiger charge is 2.23. The van der Waals surface area contributed by atoms with E-state index in [1.807, 2.05) is 16.8 Å². The van der Waals surface area contributed by atoms with Crippen LogP contribution in [0.3, 0.4) is 0 Å². The Morgan fingerprint density at radius 1 is 0.658 bits per heavy atom. The van der Waals surface area contributed by atoms with Gasteiger partial charge in [0.25, 0.3) is 0 Å². The van der Waals surface area contributed by atoms with Gasteiger partial charge in [-0.1, -0.05) is 0 Å². The number of carboxylic acids is 4. The zero-order valence-corrected chi connectivity index (χ0v) is 22.1. The van der Waals surface area contributed by atoms with Crippen molar-refractivity contribution in [1.29, 1.82) is 0 Å².